The van der Waals surface area contributed by atoms with Crippen molar-refractivity contribution in [2.45, 2.75) is 40.2 Å². The third kappa shape index (κ3) is 5.37. The Balaban J connectivity index is 2.69. The number of hydrogen-bond acceptors (Lipinski definition) is 4. The molecular weight excluding hydrogens is 374 g/mol. The van der Waals surface area contributed by atoms with Gasteiger partial charge in [-0.25, -0.2) is 17.5 Å². The molecule has 0 N–H and O–H groups in total. The number of sulfonamides is 1. The highest BCUT2D eigenvalue weighted by molar-refractivity contribution is 7.93. The van der Waals surface area contributed by atoms with E-state index in [1.165, 1.54) is 10.4 Å². The van der Waals surface area contributed by atoms with E-state index in [0.29, 0.717) is 16.9 Å². The van der Waals surface area contributed by atoms with Gasteiger partial charge in [-0.15, -0.1) is 5.92 Å². The predicted octanol–water partition coefficient (Wildman–Crippen LogP) is 4.50. The Bertz CT molecular complexity index is 1010. The second-order valence-electron chi connectivity index (χ2n) is 7.15. The Morgan fingerprint density at radius 3 is 2.25 bits per heavy atom. The highest BCUT2D eigenvalue weighted by atomic mass is 32.2. The van der Waals surface area contributed by atoms with Crippen molar-refractivity contribution in [1.82, 2.24) is 0 Å². The molecule has 0 aliphatic rings. The molecule has 0 aliphatic heterocycles. The lowest BCUT2D eigenvalue weighted by atomic mass is 10.1. The second-order valence-corrected chi connectivity index (χ2v) is 9.25. The SMILES string of the molecule is CC#Cc1cc(C(=O)OC(C)(C)C)cc(N(c2ccccc2)S(=O)(=O)CC)c1. The maximum absolute atomic E-state index is 12.9. The minimum absolute atomic E-state index is 0.0899. The molecule has 0 saturated heterocycles. The van der Waals surface area contributed by atoms with E-state index in [2.05, 4.69) is 11.8 Å². The van der Waals surface area contributed by atoms with E-state index in [9.17, 15) is 13.2 Å². The van der Waals surface area contributed by atoms with Gasteiger partial charge in [-0.3, -0.25) is 0 Å². The van der Waals surface area contributed by atoms with Crippen LogP contribution in [0.3, 0.4) is 0 Å². The molecule has 0 spiro atoms. The fraction of sp³-hybridized carbons (Fsp3) is 0.318. The smallest absolute Gasteiger partial charge is 0.338 e. The van der Waals surface area contributed by atoms with Crippen LogP contribution in [0.4, 0.5) is 11.4 Å². The monoisotopic (exact) mass is 399 g/mol. The van der Waals surface area contributed by atoms with Crippen LogP contribution in [0.15, 0.2) is 48.5 Å². The van der Waals surface area contributed by atoms with Crippen LogP contribution in [0.2, 0.25) is 0 Å². The van der Waals surface area contributed by atoms with Crippen LogP contribution in [0.5, 0.6) is 0 Å². The zero-order valence-electron chi connectivity index (χ0n) is 16.8. The number of benzene rings is 2. The first kappa shape index (κ1) is 21.5. The van der Waals surface area contributed by atoms with Gasteiger partial charge >= 0.3 is 5.97 Å². The summed E-state index contributed by atoms with van der Waals surface area (Å²) < 4.78 is 32.4. The fourth-order valence-electron chi connectivity index (χ4n) is 2.56. The molecule has 0 unspecified atom stereocenters. The van der Waals surface area contributed by atoms with Gasteiger partial charge in [0, 0.05) is 5.56 Å². The molecule has 0 aliphatic carbocycles. The summed E-state index contributed by atoms with van der Waals surface area (Å²) in [4.78, 5) is 12.6. The van der Waals surface area contributed by atoms with E-state index in [-0.39, 0.29) is 11.3 Å². The minimum atomic E-state index is -3.64. The maximum Gasteiger partial charge on any atom is 0.338 e. The van der Waals surface area contributed by atoms with Crippen molar-refractivity contribution in [3.63, 3.8) is 0 Å². The summed E-state index contributed by atoms with van der Waals surface area (Å²) in [5.74, 6) is 5.07. The molecule has 0 bridgehead atoms. The van der Waals surface area contributed by atoms with Crippen molar-refractivity contribution in [2.24, 2.45) is 0 Å². The zero-order chi connectivity index (χ0) is 20.9. The molecule has 148 valence electrons. The standard InChI is InChI=1S/C22H25NO4S/c1-6-11-17-14-18(21(24)27-22(3,4)5)16-20(15-17)23(28(25,26)7-2)19-12-9-8-10-13-19/h8-10,12-16H,7H2,1-5H3. The first-order valence-electron chi connectivity index (χ1n) is 8.96. The van der Waals surface area contributed by atoms with Crippen molar-refractivity contribution >= 4 is 27.4 Å². The first-order valence-corrected chi connectivity index (χ1v) is 10.6. The molecule has 0 heterocycles. The van der Waals surface area contributed by atoms with Gasteiger partial charge in [0.15, 0.2) is 0 Å². The van der Waals surface area contributed by atoms with Crippen LogP contribution < -0.4 is 4.31 Å². The Hall–Kier alpha value is -2.78. The lowest BCUT2D eigenvalue weighted by Crippen LogP contribution is -2.28. The number of ether oxygens (including phenoxy) is 1. The van der Waals surface area contributed by atoms with Crippen LogP contribution in [0.25, 0.3) is 0 Å². The van der Waals surface area contributed by atoms with E-state index in [1.807, 2.05) is 6.07 Å². The van der Waals surface area contributed by atoms with Crippen molar-refractivity contribution in [3.05, 3.63) is 59.7 Å². The molecule has 0 atom stereocenters. The third-order valence-electron chi connectivity index (χ3n) is 3.69. The number of esters is 1. The molecule has 28 heavy (non-hydrogen) atoms. The Kier molecular flexibility index (Phi) is 6.52. The van der Waals surface area contributed by atoms with Crippen molar-refractivity contribution in [3.8, 4) is 11.8 Å². The molecule has 0 saturated carbocycles. The summed E-state index contributed by atoms with van der Waals surface area (Å²) in [5.41, 5.74) is 0.943. The van der Waals surface area contributed by atoms with Crippen LogP contribution in [-0.2, 0) is 14.8 Å². The van der Waals surface area contributed by atoms with E-state index in [4.69, 9.17) is 4.74 Å². The Labute approximate surface area is 167 Å². The first-order chi connectivity index (χ1) is 13.1. The van der Waals surface area contributed by atoms with Crippen LogP contribution in [-0.4, -0.2) is 25.7 Å². The minimum Gasteiger partial charge on any atom is -0.456 e. The summed E-state index contributed by atoms with van der Waals surface area (Å²) in [5, 5.41) is 0. The van der Waals surface area contributed by atoms with Crippen molar-refractivity contribution < 1.29 is 17.9 Å². The number of carbonyl (C=O) groups excluding carboxylic acids is 1. The van der Waals surface area contributed by atoms with Gasteiger partial charge < -0.3 is 4.74 Å². The quantitative estimate of drug-likeness (QED) is 0.548. The number of carbonyl (C=O) groups is 1. The normalized spacial score (nSPS) is 11.3. The Morgan fingerprint density at radius 2 is 1.71 bits per heavy atom. The highest BCUT2D eigenvalue weighted by Gasteiger charge is 2.25. The van der Waals surface area contributed by atoms with E-state index in [0.717, 1.165) is 0 Å². The van der Waals surface area contributed by atoms with Gasteiger partial charge in [0.25, 0.3) is 0 Å². The second kappa shape index (κ2) is 8.49. The van der Waals surface area contributed by atoms with Gasteiger partial charge in [0.2, 0.25) is 10.0 Å². The molecule has 0 aromatic heterocycles. The van der Waals surface area contributed by atoms with Gasteiger partial charge in [0.05, 0.1) is 22.7 Å². The van der Waals surface area contributed by atoms with Crippen molar-refractivity contribution in [1.29, 1.82) is 0 Å². The summed E-state index contributed by atoms with van der Waals surface area (Å²) in [6, 6.07) is 13.5. The Morgan fingerprint density at radius 1 is 1.07 bits per heavy atom. The van der Waals surface area contributed by atoms with E-state index < -0.39 is 21.6 Å². The van der Waals surface area contributed by atoms with E-state index in [1.54, 1.807) is 71.0 Å². The van der Waals surface area contributed by atoms with Crippen molar-refractivity contribution in [2.75, 3.05) is 10.1 Å². The highest BCUT2D eigenvalue weighted by Crippen LogP contribution is 2.31. The molecule has 5 nitrogen and oxygen atoms in total. The van der Waals surface area contributed by atoms with Crippen LogP contribution in [0.1, 0.15) is 50.5 Å². The van der Waals surface area contributed by atoms with E-state index >= 15 is 0 Å². The summed E-state index contributed by atoms with van der Waals surface area (Å²) in [7, 11) is -3.64. The van der Waals surface area contributed by atoms with Crippen LogP contribution >= 0.6 is 0 Å². The lowest BCUT2D eigenvalue weighted by Gasteiger charge is -2.25. The molecule has 0 fully saturated rings. The fourth-order valence-corrected chi connectivity index (χ4v) is 3.69. The topological polar surface area (TPSA) is 63.7 Å². The average molecular weight is 400 g/mol. The molecular formula is C22H25NO4S. The molecule has 0 radical (unpaired) electrons. The molecule has 6 heteroatoms. The van der Waals surface area contributed by atoms with Gasteiger partial charge in [-0.1, -0.05) is 24.1 Å². The average Bonchev–Trinajstić information content (AvgIpc) is 2.61. The van der Waals surface area contributed by atoms with Gasteiger partial charge in [-0.2, -0.15) is 0 Å². The maximum atomic E-state index is 12.9. The summed E-state index contributed by atoms with van der Waals surface area (Å²) in [6.07, 6.45) is 0. The number of anilines is 2. The third-order valence-corrected chi connectivity index (χ3v) is 5.40. The predicted molar refractivity (Wildman–Crippen MR) is 112 cm³/mol. The zero-order valence-corrected chi connectivity index (χ0v) is 17.6. The van der Waals surface area contributed by atoms with Gasteiger partial charge in [0.1, 0.15) is 5.60 Å². The number of para-hydroxylation sites is 1. The molecule has 2 rings (SSSR count). The molecule has 0 amide bonds. The van der Waals surface area contributed by atoms with Gasteiger partial charge in [-0.05, 0) is 65.0 Å². The summed E-state index contributed by atoms with van der Waals surface area (Å²) in [6.45, 7) is 8.59. The number of rotatable bonds is 5. The lowest BCUT2D eigenvalue weighted by molar-refractivity contribution is 0.00695. The number of hydrogen-bond donors (Lipinski definition) is 0. The van der Waals surface area contributed by atoms with Crippen LogP contribution in [0, 0.1) is 11.8 Å². The summed E-state index contributed by atoms with van der Waals surface area (Å²) >= 11 is 0. The number of nitrogens with zero attached hydrogens (tertiary/aromatic N) is 1. The largest absolute Gasteiger partial charge is 0.456 e. The molecule has 2 aromatic rings. The molecule has 2 aromatic carbocycles.